The topological polar surface area (TPSA) is 240 Å². The number of hydrogen-bond acceptors (Lipinski definition) is 9. The van der Waals surface area contributed by atoms with Crippen molar-refractivity contribution in [1.29, 1.82) is 0 Å². The van der Waals surface area contributed by atoms with Gasteiger partial charge in [0.1, 0.15) is 18.1 Å². The number of aliphatic carboxylic acids is 1. The number of amides is 4. The number of thiol groups is 1. The molecule has 11 N–H and O–H groups in total. The van der Waals surface area contributed by atoms with Crippen LogP contribution in [0.25, 0.3) is 0 Å². The Morgan fingerprint density at radius 3 is 1.90 bits per heavy atom. The van der Waals surface area contributed by atoms with Crippen LogP contribution in [0.5, 0.6) is 0 Å². The number of carboxylic acids is 1. The molecule has 4 atom stereocenters. The van der Waals surface area contributed by atoms with Gasteiger partial charge in [-0.15, -0.1) is 0 Å². The highest BCUT2D eigenvalue weighted by Crippen LogP contribution is 2.02. The molecule has 0 aliphatic heterocycles. The van der Waals surface area contributed by atoms with E-state index in [1.54, 1.807) is 0 Å². The van der Waals surface area contributed by atoms with Crippen LogP contribution in [0.3, 0.4) is 0 Å². The van der Waals surface area contributed by atoms with Crippen molar-refractivity contribution in [3.05, 3.63) is 0 Å². The third-order valence-corrected chi connectivity index (χ3v) is 4.32. The number of carbonyl (C=O) groups is 5. The molecule has 0 aromatic rings. The third kappa shape index (κ3) is 10.4. The van der Waals surface area contributed by atoms with Gasteiger partial charge in [0.2, 0.25) is 23.6 Å². The molecule has 0 rings (SSSR count). The van der Waals surface area contributed by atoms with Gasteiger partial charge in [0.05, 0.1) is 19.1 Å². The molecule has 172 valence electrons. The van der Waals surface area contributed by atoms with Crippen LogP contribution in [-0.4, -0.2) is 82.9 Å². The Kier molecular flexibility index (Phi) is 13.4. The molecule has 13 nitrogen and oxygen atoms in total. The molecule has 0 aliphatic carbocycles. The minimum Gasteiger partial charge on any atom is -0.480 e. The van der Waals surface area contributed by atoms with Crippen molar-refractivity contribution < 1.29 is 34.2 Å². The first-order valence-electron chi connectivity index (χ1n) is 9.16. The first-order valence-corrected chi connectivity index (χ1v) is 9.80. The molecule has 0 radical (unpaired) electrons. The molecule has 0 fully saturated rings. The third-order valence-electron chi connectivity index (χ3n) is 3.95. The SMILES string of the molecule is NCCCCC(NC(=O)C(CO)NC(=O)C(CS)NC(=O)C(N)CC(N)=O)C(=O)O. The fourth-order valence-electron chi connectivity index (χ4n) is 2.27. The summed E-state index contributed by atoms with van der Waals surface area (Å²) in [5, 5.41) is 25.3. The first-order chi connectivity index (χ1) is 14.1. The number of nitrogens with one attached hydrogen (secondary N) is 3. The van der Waals surface area contributed by atoms with Gasteiger partial charge in [-0.3, -0.25) is 19.2 Å². The molecule has 0 saturated heterocycles. The van der Waals surface area contributed by atoms with Crippen molar-refractivity contribution >= 4 is 42.2 Å². The summed E-state index contributed by atoms with van der Waals surface area (Å²) in [6.07, 6.45) is 0.719. The van der Waals surface area contributed by atoms with E-state index in [1.165, 1.54) is 0 Å². The largest absolute Gasteiger partial charge is 0.480 e. The Bertz CT molecular complexity index is 621. The molecular formula is C16H30N6O7S. The minimum atomic E-state index is -1.47. The van der Waals surface area contributed by atoms with Crippen molar-refractivity contribution in [3.8, 4) is 0 Å². The van der Waals surface area contributed by atoms with E-state index in [4.69, 9.17) is 17.2 Å². The van der Waals surface area contributed by atoms with E-state index >= 15 is 0 Å². The number of carbonyl (C=O) groups excluding carboxylic acids is 4. The highest BCUT2D eigenvalue weighted by Gasteiger charge is 2.29. The van der Waals surface area contributed by atoms with Gasteiger partial charge in [0.15, 0.2) is 0 Å². The highest BCUT2D eigenvalue weighted by atomic mass is 32.1. The van der Waals surface area contributed by atoms with Crippen LogP contribution in [0.15, 0.2) is 0 Å². The van der Waals surface area contributed by atoms with Crippen LogP contribution in [0.2, 0.25) is 0 Å². The molecule has 30 heavy (non-hydrogen) atoms. The zero-order chi connectivity index (χ0) is 23.3. The number of aliphatic hydroxyl groups is 1. The molecule has 0 bridgehead atoms. The van der Waals surface area contributed by atoms with E-state index in [-0.39, 0.29) is 12.2 Å². The van der Waals surface area contributed by atoms with Crippen LogP contribution in [-0.2, 0) is 24.0 Å². The van der Waals surface area contributed by atoms with Gasteiger partial charge in [-0.25, -0.2) is 4.79 Å². The zero-order valence-electron chi connectivity index (χ0n) is 16.4. The predicted molar refractivity (Wildman–Crippen MR) is 109 cm³/mol. The van der Waals surface area contributed by atoms with Gasteiger partial charge >= 0.3 is 5.97 Å². The van der Waals surface area contributed by atoms with E-state index in [2.05, 4.69) is 28.6 Å². The first kappa shape index (κ1) is 27.6. The van der Waals surface area contributed by atoms with E-state index in [1.807, 2.05) is 0 Å². The Hall–Kier alpha value is -2.42. The average molecular weight is 451 g/mol. The number of primary amides is 1. The number of unbranched alkanes of at least 4 members (excludes halogenated alkanes) is 1. The van der Waals surface area contributed by atoms with E-state index < -0.39 is 66.8 Å². The summed E-state index contributed by atoms with van der Waals surface area (Å²) < 4.78 is 0. The van der Waals surface area contributed by atoms with Gasteiger partial charge < -0.3 is 43.4 Å². The van der Waals surface area contributed by atoms with E-state index in [0.717, 1.165) is 0 Å². The number of rotatable bonds is 15. The predicted octanol–water partition coefficient (Wildman–Crippen LogP) is -4.22. The van der Waals surface area contributed by atoms with Crippen LogP contribution in [0.1, 0.15) is 25.7 Å². The Balaban J connectivity index is 4.94. The second-order valence-electron chi connectivity index (χ2n) is 6.45. The lowest BCUT2D eigenvalue weighted by molar-refractivity contribution is -0.142. The lowest BCUT2D eigenvalue weighted by Gasteiger charge is -2.23. The second kappa shape index (κ2) is 14.5. The van der Waals surface area contributed by atoms with Gasteiger partial charge in [0, 0.05) is 5.75 Å². The molecular weight excluding hydrogens is 420 g/mol. The summed E-state index contributed by atoms with van der Waals surface area (Å²) in [7, 11) is 0. The normalized spacial score (nSPS) is 14.7. The van der Waals surface area contributed by atoms with Crippen molar-refractivity contribution in [2.24, 2.45) is 17.2 Å². The lowest BCUT2D eigenvalue weighted by Crippen LogP contribution is -2.58. The van der Waals surface area contributed by atoms with Gasteiger partial charge in [-0.05, 0) is 25.8 Å². The Morgan fingerprint density at radius 2 is 1.43 bits per heavy atom. The minimum absolute atomic E-state index is 0.122. The summed E-state index contributed by atoms with van der Waals surface area (Å²) in [5.74, 6) is -4.88. The van der Waals surface area contributed by atoms with Gasteiger partial charge in [-0.1, -0.05) is 0 Å². The molecule has 0 aromatic carbocycles. The average Bonchev–Trinajstić information content (AvgIpc) is 2.68. The number of aliphatic hydroxyl groups excluding tert-OH is 1. The molecule has 0 spiro atoms. The lowest BCUT2D eigenvalue weighted by atomic mass is 10.1. The highest BCUT2D eigenvalue weighted by molar-refractivity contribution is 7.80. The number of carboxylic acid groups (broad SMARTS) is 1. The quantitative estimate of drug-likeness (QED) is 0.0866. The Labute approximate surface area is 178 Å². The van der Waals surface area contributed by atoms with Crippen LogP contribution in [0, 0.1) is 0 Å². The van der Waals surface area contributed by atoms with Crippen molar-refractivity contribution in [3.63, 3.8) is 0 Å². The number of hydrogen-bond donors (Lipinski definition) is 9. The molecule has 0 heterocycles. The monoisotopic (exact) mass is 450 g/mol. The van der Waals surface area contributed by atoms with Crippen LogP contribution < -0.4 is 33.2 Å². The van der Waals surface area contributed by atoms with Crippen molar-refractivity contribution in [2.75, 3.05) is 18.9 Å². The maximum Gasteiger partial charge on any atom is 0.326 e. The van der Waals surface area contributed by atoms with E-state index in [9.17, 15) is 34.2 Å². The fourth-order valence-corrected chi connectivity index (χ4v) is 2.53. The summed E-state index contributed by atoms with van der Waals surface area (Å²) in [5.41, 5.74) is 15.8. The molecule has 4 unspecified atom stereocenters. The summed E-state index contributed by atoms with van der Waals surface area (Å²) >= 11 is 3.94. The van der Waals surface area contributed by atoms with Gasteiger partial charge in [-0.2, -0.15) is 12.6 Å². The molecule has 0 saturated carbocycles. The summed E-state index contributed by atoms with van der Waals surface area (Å²) in [6.45, 7) is -0.448. The smallest absolute Gasteiger partial charge is 0.326 e. The van der Waals surface area contributed by atoms with Gasteiger partial charge in [0.25, 0.3) is 0 Å². The molecule has 0 aromatic heterocycles. The molecule has 4 amide bonds. The van der Waals surface area contributed by atoms with Crippen molar-refractivity contribution in [1.82, 2.24) is 16.0 Å². The summed E-state index contributed by atoms with van der Waals surface area (Å²) in [6, 6.07) is -5.20. The second-order valence-corrected chi connectivity index (χ2v) is 6.81. The Morgan fingerprint density at radius 1 is 0.900 bits per heavy atom. The van der Waals surface area contributed by atoms with Crippen LogP contribution in [0.4, 0.5) is 0 Å². The zero-order valence-corrected chi connectivity index (χ0v) is 17.3. The van der Waals surface area contributed by atoms with Crippen LogP contribution >= 0.6 is 12.6 Å². The maximum absolute atomic E-state index is 12.3. The molecule has 0 aliphatic rings. The maximum atomic E-state index is 12.3. The van der Waals surface area contributed by atoms with E-state index in [0.29, 0.717) is 19.4 Å². The van der Waals surface area contributed by atoms with Crippen molar-refractivity contribution in [2.45, 2.75) is 49.9 Å². The number of nitrogens with two attached hydrogens (primary N) is 3. The summed E-state index contributed by atoms with van der Waals surface area (Å²) in [4.78, 5) is 58.6. The molecule has 14 heteroatoms. The fraction of sp³-hybridized carbons (Fsp3) is 0.688. The standard InChI is InChI=1S/C16H30N6O7S/c17-4-2-1-3-9(16(28)29)20-14(26)10(6-23)21-15(27)11(7-30)22-13(25)8(18)5-12(19)24/h8-11,23,30H,1-7,17-18H2,(H2,19,24)(H,20,26)(H,21,27)(H,22,25)(H,28,29).